The quantitative estimate of drug-likeness (QED) is 0.203. The maximum absolute atomic E-state index is 14.0. The minimum Gasteiger partial charge on any atom is -0.479 e. The highest BCUT2D eigenvalue weighted by Crippen LogP contribution is 2.40. The van der Waals surface area contributed by atoms with Crippen LogP contribution >= 0.6 is 0 Å². The minimum absolute atomic E-state index is 0.153. The third kappa shape index (κ3) is 9.61. The molecule has 4 atom stereocenters. The highest BCUT2D eigenvalue weighted by atomic mass is 19.4. The van der Waals surface area contributed by atoms with Crippen LogP contribution in [0.5, 0.6) is 5.75 Å². The summed E-state index contributed by atoms with van der Waals surface area (Å²) >= 11 is 0. The van der Waals surface area contributed by atoms with Crippen LogP contribution in [-0.4, -0.2) is 67.9 Å². The molecule has 2 aromatic carbocycles. The maximum atomic E-state index is 14.0. The molecule has 0 bridgehead atoms. The number of carbonyl (C=O) groups excluding carboxylic acids is 1. The summed E-state index contributed by atoms with van der Waals surface area (Å²) in [6, 6.07) is 10.9. The van der Waals surface area contributed by atoms with E-state index in [1.165, 1.54) is 41.3 Å². The lowest BCUT2D eigenvalue weighted by atomic mass is 9.93. The van der Waals surface area contributed by atoms with Crippen LogP contribution in [0.25, 0.3) is 0 Å². The summed E-state index contributed by atoms with van der Waals surface area (Å²) in [6.45, 7) is 3.35. The van der Waals surface area contributed by atoms with Crippen LogP contribution in [0.2, 0.25) is 0 Å². The van der Waals surface area contributed by atoms with E-state index in [2.05, 4.69) is 15.0 Å². The molecular formula is C30H28F7N3O8. The number of alkyl halides is 6. The number of carboxylic acid groups (broad SMARTS) is 2. The standard InChI is InChI=1S/C26H22F7N3O2.C4H6O6/c1-24(2,16-6-11-22(34-14-16)25(28,29)30)35-20-13-21(15-4-3-5-17(27)12-15)36(23(20)37)18-7-9-19(10-8-18)38-26(31,32)33;5-1(3(7)8)2(6)4(9)10/h3-12,14,20-21,35H,13H2,1-2H3;1-2,5-6H,(H,7,8)(H,9,10). The minimum atomic E-state index is -4.89. The molecule has 3 aromatic rings. The van der Waals surface area contributed by atoms with Gasteiger partial charge in [0.25, 0.3) is 0 Å². The van der Waals surface area contributed by atoms with Crippen LogP contribution in [0, 0.1) is 5.82 Å². The fraction of sp³-hybridized carbons (Fsp3) is 0.333. The zero-order valence-corrected chi connectivity index (χ0v) is 24.8. The topological polar surface area (TPSA) is 170 Å². The average Bonchev–Trinajstić information content (AvgIpc) is 3.30. The van der Waals surface area contributed by atoms with E-state index in [1.54, 1.807) is 19.9 Å². The number of halogens is 7. The summed E-state index contributed by atoms with van der Waals surface area (Å²) in [5, 5.41) is 35.7. The molecule has 4 unspecified atom stereocenters. The molecule has 1 amide bonds. The van der Waals surface area contributed by atoms with Crippen molar-refractivity contribution in [1.82, 2.24) is 10.3 Å². The van der Waals surface area contributed by atoms with Gasteiger partial charge in [-0.15, -0.1) is 13.2 Å². The number of rotatable bonds is 9. The molecule has 0 spiro atoms. The van der Waals surface area contributed by atoms with E-state index in [-0.39, 0.29) is 12.1 Å². The SMILES string of the molecule is CC(C)(NC1CC(c2cccc(F)c2)N(c2ccc(OC(F)(F)F)cc2)C1=O)c1ccc(C(F)(F)F)nc1.O=C(O)C(O)C(O)C(=O)O. The lowest BCUT2D eigenvalue weighted by Crippen LogP contribution is -2.47. The van der Waals surface area contributed by atoms with Gasteiger partial charge in [0.05, 0.1) is 12.1 Å². The Morgan fingerprint density at radius 2 is 1.52 bits per heavy atom. The summed E-state index contributed by atoms with van der Waals surface area (Å²) in [4.78, 5) is 38.0. The second kappa shape index (κ2) is 14.5. The summed E-state index contributed by atoms with van der Waals surface area (Å²) in [7, 11) is 0. The van der Waals surface area contributed by atoms with E-state index in [1.807, 2.05) is 0 Å². The molecule has 11 nitrogen and oxygen atoms in total. The zero-order valence-electron chi connectivity index (χ0n) is 24.8. The summed E-state index contributed by atoms with van der Waals surface area (Å²) < 4.78 is 94.4. The smallest absolute Gasteiger partial charge is 0.479 e. The number of carboxylic acids is 2. The maximum Gasteiger partial charge on any atom is 0.573 e. The van der Waals surface area contributed by atoms with Gasteiger partial charge in [-0.2, -0.15) is 13.2 Å². The summed E-state index contributed by atoms with van der Waals surface area (Å²) in [5.41, 5.74) is -0.925. The van der Waals surface area contributed by atoms with Crippen molar-refractivity contribution in [2.75, 3.05) is 4.90 Å². The van der Waals surface area contributed by atoms with Crippen molar-refractivity contribution >= 4 is 23.5 Å². The van der Waals surface area contributed by atoms with Crippen molar-refractivity contribution in [3.8, 4) is 5.75 Å². The number of aliphatic carboxylic acids is 2. The number of pyridine rings is 1. The number of carbonyl (C=O) groups is 3. The van der Waals surface area contributed by atoms with Crippen molar-refractivity contribution in [3.05, 3.63) is 89.5 Å². The molecule has 1 aliphatic rings. The fourth-order valence-electron chi connectivity index (χ4n) is 4.71. The van der Waals surface area contributed by atoms with Crippen LogP contribution in [0.1, 0.15) is 43.1 Å². The second-order valence-corrected chi connectivity index (χ2v) is 10.9. The van der Waals surface area contributed by atoms with Crippen LogP contribution in [0.15, 0.2) is 66.9 Å². The van der Waals surface area contributed by atoms with Crippen molar-refractivity contribution in [2.45, 2.75) is 62.6 Å². The zero-order chi connectivity index (χ0) is 36.2. The lowest BCUT2D eigenvalue weighted by Gasteiger charge is -2.30. The first-order valence-electron chi connectivity index (χ1n) is 13.7. The number of benzene rings is 2. The van der Waals surface area contributed by atoms with E-state index >= 15 is 0 Å². The lowest BCUT2D eigenvalue weighted by molar-refractivity contribution is -0.274. The highest BCUT2D eigenvalue weighted by molar-refractivity contribution is 6.00. The summed E-state index contributed by atoms with van der Waals surface area (Å²) in [6.07, 6.45) is -12.8. The number of nitrogens with zero attached hydrogens (tertiary/aromatic N) is 2. The first-order chi connectivity index (χ1) is 22.1. The van der Waals surface area contributed by atoms with Gasteiger partial charge in [0.15, 0.2) is 12.2 Å². The van der Waals surface area contributed by atoms with Gasteiger partial charge in [-0.1, -0.05) is 18.2 Å². The number of nitrogens with one attached hydrogen (secondary N) is 1. The Labute approximate surface area is 267 Å². The number of hydrogen-bond acceptors (Lipinski definition) is 8. The first-order valence-corrected chi connectivity index (χ1v) is 13.7. The number of amides is 1. The van der Waals surface area contributed by atoms with Crippen molar-refractivity contribution in [3.63, 3.8) is 0 Å². The molecule has 260 valence electrons. The Morgan fingerprint density at radius 3 is 1.98 bits per heavy atom. The molecule has 0 saturated carbocycles. The van der Waals surface area contributed by atoms with Crippen molar-refractivity contribution in [1.29, 1.82) is 0 Å². The molecule has 1 aliphatic heterocycles. The van der Waals surface area contributed by atoms with Gasteiger partial charge < -0.3 is 30.1 Å². The van der Waals surface area contributed by atoms with Crippen LogP contribution < -0.4 is 15.0 Å². The Hall–Kier alpha value is -4.81. The number of ether oxygens (including phenoxy) is 1. The van der Waals surface area contributed by atoms with E-state index in [0.717, 1.165) is 24.4 Å². The van der Waals surface area contributed by atoms with E-state index in [4.69, 9.17) is 20.4 Å². The number of hydrogen-bond donors (Lipinski definition) is 5. The van der Waals surface area contributed by atoms with Gasteiger partial charge in [-0.3, -0.25) is 15.1 Å². The second-order valence-electron chi connectivity index (χ2n) is 10.9. The van der Waals surface area contributed by atoms with Gasteiger partial charge in [0, 0.05) is 17.4 Å². The third-order valence-corrected chi connectivity index (χ3v) is 7.00. The molecule has 1 fully saturated rings. The molecule has 1 saturated heterocycles. The number of aliphatic hydroxyl groups excluding tert-OH is 2. The monoisotopic (exact) mass is 691 g/mol. The third-order valence-electron chi connectivity index (χ3n) is 7.00. The number of aromatic nitrogens is 1. The van der Waals surface area contributed by atoms with Crippen LogP contribution in [0.4, 0.5) is 36.4 Å². The van der Waals surface area contributed by atoms with Crippen molar-refractivity contribution in [2.24, 2.45) is 0 Å². The molecular weight excluding hydrogens is 663 g/mol. The Bertz CT molecular complexity index is 1580. The Kier molecular flexibility index (Phi) is 11.4. The predicted octanol–water partition coefficient (Wildman–Crippen LogP) is 4.39. The summed E-state index contributed by atoms with van der Waals surface area (Å²) in [5.74, 6) is -4.99. The molecule has 0 aliphatic carbocycles. The average molecular weight is 692 g/mol. The van der Waals surface area contributed by atoms with Crippen LogP contribution in [-0.2, 0) is 26.1 Å². The van der Waals surface area contributed by atoms with Gasteiger partial charge >= 0.3 is 24.5 Å². The molecule has 1 aromatic heterocycles. The number of anilines is 1. The molecule has 4 rings (SSSR count). The van der Waals surface area contributed by atoms with Crippen LogP contribution in [0.3, 0.4) is 0 Å². The van der Waals surface area contributed by atoms with Gasteiger partial charge in [-0.05, 0) is 73.9 Å². The molecule has 0 radical (unpaired) electrons. The van der Waals surface area contributed by atoms with E-state index in [9.17, 15) is 45.1 Å². The molecule has 2 heterocycles. The largest absolute Gasteiger partial charge is 0.573 e. The predicted molar refractivity (Wildman–Crippen MR) is 151 cm³/mol. The normalized spacial score (nSPS) is 18.1. The van der Waals surface area contributed by atoms with Gasteiger partial charge in [-0.25, -0.2) is 14.0 Å². The molecule has 48 heavy (non-hydrogen) atoms. The van der Waals surface area contributed by atoms with Gasteiger partial charge in [0.2, 0.25) is 5.91 Å². The van der Waals surface area contributed by atoms with E-state index in [0.29, 0.717) is 11.1 Å². The highest BCUT2D eigenvalue weighted by Gasteiger charge is 2.44. The van der Waals surface area contributed by atoms with Crippen molar-refractivity contribution < 1.29 is 70.3 Å². The molecule has 18 heteroatoms. The van der Waals surface area contributed by atoms with E-state index < -0.39 is 77.5 Å². The fourth-order valence-corrected chi connectivity index (χ4v) is 4.71. The van der Waals surface area contributed by atoms with Gasteiger partial charge in [0.1, 0.15) is 17.3 Å². The first kappa shape index (κ1) is 37.6. The Morgan fingerprint density at radius 1 is 0.938 bits per heavy atom. The number of aliphatic hydroxyl groups is 2. The Balaban J connectivity index is 0.000000542. The molecule has 5 N–H and O–H groups in total.